The van der Waals surface area contributed by atoms with Crippen LogP contribution in [-0.2, 0) is 36.8 Å². The van der Waals surface area contributed by atoms with Crippen LogP contribution in [0.25, 0.3) is 0 Å². The predicted molar refractivity (Wildman–Crippen MR) is 144 cm³/mol. The largest absolute Gasteiger partial charge is 0.508 e. The zero-order chi connectivity index (χ0) is 30.0. The van der Waals surface area contributed by atoms with Crippen molar-refractivity contribution in [3.63, 3.8) is 0 Å². The van der Waals surface area contributed by atoms with Crippen LogP contribution < -0.4 is 27.4 Å². The second-order valence-corrected chi connectivity index (χ2v) is 9.71. The minimum atomic E-state index is -1.59. The Hall–Kier alpha value is -4.65. The lowest BCUT2D eigenvalue weighted by atomic mass is 9.99. The van der Waals surface area contributed by atoms with Crippen molar-refractivity contribution in [1.29, 1.82) is 0 Å². The molecule has 216 valence electrons. The normalized spacial score (nSPS) is 13.9. The molecule has 2 aromatic rings. The van der Waals surface area contributed by atoms with Crippen molar-refractivity contribution in [2.24, 2.45) is 17.4 Å². The molecular formula is C27H35N5O8. The first-order valence-electron chi connectivity index (χ1n) is 12.5. The van der Waals surface area contributed by atoms with Gasteiger partial charge in [-0.3, -0.25) is 19.2 Å². The van der Waals surface area contributed by atoms with Crippen molar-refractivity contribution in [2.45, 2.75) is 57.3 Å². The monoisotopic (exact) mass is 557 g/mol. The average molecular weight is 558 g/mol. The van der Waals surface area contributed by atoms with E-state index in [9.17, 15) is 39.3 Å². The molecule has 0 aliphatic carbocycles. The van der Waals surface area contributed by atoms with E-state index in [0.29, 0.717) is 11.1 Å². The zero-order valence-electron chi connectivity index (χ0n) is 22.2. The number of hydrogen-bond acceptors (Lipinski definition) is 8. The Balaban J connectivity index is 2.22. The van der Waals surface area contributed by atoms with Gasteiger partial charge in [0.05, 0.1) is 12.5 Å². The number of carboxylic acid groups (broad SMARTS) is 1. The first kappa shape index (κ1) is 31.6. The Bertz CT molecular complexity index is 1200. The number of carboxylic acids is 1. The lowest BCUT2D eigenvalue weighted by Crippen LogP contribution is -2.59. The van der Waals surface area contributed by atoms with Gasteiger partial charge in [-0.25, -0.2) is 4.79 Å². The maximum atomic E-state index is 13.4. The molecule has 2 rings (SSSR count). The lowest BCUT2D eigenvalue weighted by Gasteiger charge is -2.27. The van der Waals surface area contributed by atoms with Gasteiger partial charge in [0.2, 0.25) is 23.6 Å². The summed E-state index contributed by atoms with van der Waals surface area (Å²) in [5.74, 6) is -5.09. The Morgan fingerprint density at radius 1 is 0.725 bits per heavy atom. The third-order valence-electron chi connectivity index (χ3n) is 6.00. The smallest absolute Gasteiger partial charge is 0.326 e. The molecule has 0 aromatic heterocycles. The van der Waals surface area contributed by atoms with Gasteiger partial charge in [-0.1, -0.05) is 38.1 Å². The molecule has 4 amide bonds. The number of carbonyl (C=O) groups is 5. The predicted octanol–water partition coefficient (Wildman–Crippen LogP) is -0.719. The van der Waals surface area contributed by atoms with Gasteiger partial charge in [0, 0.05) is 6.42 Å². The van der Waals surface area contributed by atoms with E-state index in [1.807, 2.05) is 0 Å². The molecule has 10 N–H and O–H groups in total. The fourth-order valence-corrected chi connectivity index (χ4v) is 3.79. The summed E-state index contributed by atoms with van der Waals surface area (Å²) in [6.07, 6.45) is -0.541. The first-order valence-corrected chi connectivity index (χ1v) is 12.5. The topological polar surface area (TPSA) is 234 Å². The van der Waals surface area contributed by atoms with Crippen molar-refractivity contribution < 1.29 is 39.3 Å². The number of rotatable bonds is 14. The number of phenolic OH excluding ortho intramolecular Hbond substituents is 2. The molecule has 0 heterocycles. The van der Waals surface area contributed by atoms with E-state index in [1.165, 1.54) is 24.3 Å². The number of primary amides is 1. The molecule has 0 radical (unpaired) electrons. The van der Waals surface area contributed by atoms with E-state index in [-0.39, 0.29) is 24.3 Å². The van der Waals surface area contributed by atoms with Gasteiger partial charge in [-0.05, 0) is 47.7 Å². The maximum Gasteiger partial charge on any atom is 0.326 e. The summed E-state index contributed by atoms with van der Waals surface area (Å²) in [6.45, 7) is 3.24. The molecule has 40 heavy (non-hydrogen) atoms. The van der Waals surface area contributed by atoms with Gasteiger partial charge < -0.3 is 42.7 Å². The van der Waals surface area contributed by atoms with Crippen LogP contribution in [0.4, 0.5) is 0 Å². The molecule has 13 heteroatoms. The van der Waals surface area contributed by atoms with Crippen molar-refractivity contribution in [2.75, 3.05) is 0 Å². The minimum absolute atomic E-state index is 0.00481. The van der Waals surface area contributed by atoms with Crippen LogP contribution in [0.15, 0.2) is 48.5 Å². The molecular weight excluding hydrogens is 522 g/mol. The van der Waals surface area contributed by atoms with E-state index in [4.69, 9.17) is 11.5 Å². The van der Waals surface area contributed by atoms with Crippen LogP contribution in [0.3, 0.4) is 0 Å². The molecule has 13 nitrogen and oxygen atoms in total. The highest BCUT2D eigenvalue weighted by atomic mass is 16.4. The maximum absolute atomic E-state index is 13.4. The summed E-state index contributed by atoms with van der Waals surface area (Å²) in [5.41, 5.74) is 12.4. The number of hydrogen-bond donors (Lipinski definition) is 8. The average Bonchev–Trinajstić information content (AvgIpc) is 2.88. The molecule has 0 aliphatic rings. The highest BCUT2D eigenvalue weighted by molar-refractivity contribution is 5.95. The number of phenols is 2. The summed E-state index contributed by atoms with van der Waals surface area (Å²) in [5, 5.41) is 35.7. The quantitative estimate of drug-likeness (QED) is 0.146. The highest BCUT2D eigenvalue weighted by Gasteiger charge is 2.32. The highest BCUT2D eigenvalue weighted by Crippen LogP contribution is 2.14. The number of carbonyl (C=O) groups excluding carboxylic acids is 4. The first-order chi connectivity index (χ1) is 18.8. The van der Waals surface area contributed by atoms with Crippen LogP contribution >= 0.6 is 0 Å². The second kappa shape index (κ2) is 14.5. The van der Waals surface area contributed by atoms with E-state index >= 15 is 0 Å². The van der Waals surface area contributed by atoms with Gasteiger partial charge in [0.15, 0.2) is 0 Å². The summed E-state index contributed by atoms with van der Waals surface area (Å²) in [7, 11) is 0. The van der Waals surface area contributed by atoms with Crippen molar-refractivity contribution in [1.82, 2.24) is 16.0 Å². The van der Waals surface area contributed by atoms with E-state index in [2.05, 4.69) is 16.0 Å². The summed E-state index contributed by atoms with van der Waals surface area (Å²) < 4.78 is 0. The molecule has 0 aliphatic heterocycles. The number of aromatic hydroxyl groups is 2. The third-order valence-corrected chi connectivity index (χ3v) is 6.00. The van der Waals surface area contributed by atoms with Gasteiger partial charge in [0.25, 0.3) is 0 Å². The molecule has 0 fully saturated rings. The van der Waals surface area contributed by atoms with E-state index < -0.39 is 66.1 Å². The summed E-state index contributed by atoms with van der Waals surface area (Å²) >= 11 is 0. The number of benzene rings is 2. The Kier molecular flexibility index (Phi) is 11.4. The number of nitrogens with one attached hydrogen (secondary N) is 3. The summed E-state index contributed by atoms with van der Waals surface area (Å²) in [6, 6.07) is 7.03. The zero-order valence-corrected chi connectivity index (χ0v) is 22.2. The summed E-state index contributed by atoms with van der Waals surface area (Å²) in [4.78, 5) is 61.9. The SMILES string of the molecule is CC(C)C(NC(=O)C(Cc1ccc(O)cc1)NC(=O)C(N)Cc1ccc(O)cc1)C(=O)NC(CC(N)=O)C(=O)O. The van der Waals surface area contributed by atoms with E-state index in [0.717, 1.165) is 0 Å². The van der Waals surface area contributed by atoms with Gasteiger partial charge >= 0.3 is 5.97 Å². The standard InChI is InChI=1S/C27H35N5O8/c1-14(2)23(26(38)31-21(27(39)40)13-22(29)35)32-25(37)20(12-16-5-9-18(34)10-6-16)30-24(36)19(28)11-15-3-7-17(33)8-4-15/h3-10,14,19-21,23,33-34H,11-13,28H2,1-2H3,(H2,29,35)(H,30,36)(H,31,38)(H,32,37)(H,39,40). The molecule has 0 bridgehead atoms. The molecule has 2 aromatic carbocycles. The Labute approximate surface area is 230 Å². The number of nitrogens with two attached hydrogens (primary N) is 2. The van der Waals surface area contributed by atoms with Crippen molar-refractivity contribution >= 4 is 29.6 Å². The number of aliphatic carboxylic acids is 1. The Morgan fingerprint density at radius 3 is 1.65 bits per heavy atom. The van der Waals surface area contributed by atoms with Gasteiger partial charge in [-0.2, -0.15) is 0 Å². The lowest BCUT2D eigenvalue weighted by molar-refractivity contribution is -0.144. The van der Waals surface area contributed by atoms with Crippen LogP contribution in [0.2, 0.25) is 0 Å². The second-order valence-electron chi connectivity index (χ2n) is 9.71. The molecule has 0 saturated heterocycles. The van der Waals surface area contributed by atoms with Crippen LogP contribution in [0.1, 0.15) is 31.4 Å². The molecule has 4 unspecified atom stereocenters. The molecule has 0 spiro atoms. The van der Waals surface area contributed by atoms with Crippen molar-refractivity contribution in [3.05, 3.63) is 59.7 Å². The van der Waals surface area contributed by atoms with E-state index in [1.54, 1.807) is 38.1 Å². The third kappa shape index (κ3) is 9.91. The number of amides is 4. The van der Waals surface area contributed by atoms with Crippen LogP contribution in [0.5, 0.6) is 11.5 Å². The molecule has 4 atom stereocenters. The van der Waals surface area contributed by atoms with Gasteiger partial charge in [-0.15, -0.1) is 0 Å². The Morgan fingerprint density at radius 2 is 1.20 bits per heavy atom. The van der Waals surface area contributed by atoms with Crippen LogP contribution in [0, 0.1) is 5.92 Å². The fraction of sp³-hybridized carbons (Fsp3) is 0.370. The van der Waals surface area contributed by atoms with Crippen molar-refractivity contribution in [3.8, 4) is 11.5 Å². The fourth-order valence-electron chi connectivity index (χ4n) is 3.79. The minimum Gasteiger partial charge on any atom is -0.508 e. The molecule has 0 saturated carbocycles. The van der Waals surface area contributed by atoms with Crippen LogP contribution in [-0.4, -0.2) is 69.1 Å². The van der Waals surface area contributed by atoms with Gasteiger partial charge in [0.1, 0.15) is 29.6 Å².